The Bertz CT molecular complexity index is 913. The van der Waals surface area contributed by atoms with Crippen LogP contribution < -0.4 is 5.32 Å². The van der Waals surface area contributed by atoms with Gasteiger partial charge in [-0.15, -0.1) is 5.10 Å². The molecule has 0 atom stereocenters. The summed E-state index contributed by atoms with van der Waals surface area (Å²) in [6.45, 7) is 1.91. The van der Waals surface area contributed by atoms with Gasteiger partial charge in [0.2, 0.25) is 5.91 Å². The first-order chi connectivity index (χ1) is 11.6. The van der Waals surface area contributed by atoms with Crippen molar-refractivity contribution in [1.82, 2.24) is 14.2 Å². The fourth-order valence-corrected chi connectivity index (χ4v) is 3.50. The summed E-state index contributed by atoms with van der Waals surface area (Å²) in [6.07, 6.45) is 3.06. The third-order valence-electron chi connectivity index (χ3n) is 4.25. The first kappa shape index (κ1) is 15.0. The van der Waals surface area contributed by atoms with Crippen LogP contribution >= 0.6 is 11.5 Å². The third kappa shape index (κ3) is 2.50. The van der Waals surface area contributed by atoms with Crippen molar-refractivity contribution in [1.29, 1.82) is 0 Å². The number of carbonyl (C=O) groups is 1. The largest absolute Gasteiger partial charge is 0.308 e. The van der Waals surface area contributed by atoms with E-state index < -0.39 is 5.41 Å². The summed E-state index contributed by atoms with van der Waals surface area (Å²) in [4.78, 5) is 12.7. The predicted octanol–water partition coefficient (Wildman–Crippen LogP) is 3.45. The molecule has 1 aliphatic carbocycles. The lowest BCUT2D eigenvalue weighted by Gasteiger charge is -2.15. The quantitative estimate of drug-likeness (QED) is 0.790. The van der Waals surface area contributed by atoms with Gasteiger partial charge in [0.25, 0.3) is 0 Å². The highest BCUT2D eigenvalue weighted by atomic mass is 32.1. The lowest BCUT2D eigenvalue weighted by molar-refractivity contribution is -0.118. The van der Waals surface area contributed by atoms with Crippen molar-refractivity contribution in [2.45, 2.75) is 25.2 Å². The molecule has 1 amide bonds. The molecule has 4 rings (SSSR count). The van der Waals surface area contributed by atoms with Gasteiger partial charge in [0.05, 0.1) is 11.1 Å². The molecule has 122 valence electrons. The Hall–Kier alpha value is -2.54. The maximum Gasteiger partial charge on any atom is 0.236 e. The second-order valence-corrected chi connectivity index (χ2v) is 6.75. The standard InChI is InChI=1S/C17H15FN4OS/c1-11-10-15(24-21-11)22-9-6-14(20-22)19-16(23)17(7-8-17)12-4-2-3-5-13(12)18/h2-6,9-10H,7-8H2,1H3,(H,19,20,23). The first-order valence-corrected chi connectivity index (χ1v) is 8.42. The van der Waals surface area contributed by atoms with Gasteiger partial charge in [0.15, 0.2) is 5.82 Å². The molecule has 2 aromatic heterocycles. The van der Waals surface area contributed by atoms with E-state index >= 15 is 0 Å². The van der Waals surface area contributed by atoms with Gasteiger partial charge >= 0.3 is 0 Å². The van der Waals surface area contributed by atoms with Crippen LogP contribution in [0.3, 0.4) is 0 Å². The number of benzene rings is 1. The molecule has 1 saturated carbocycles. The Morgan fingerprint density at radius 1 is 1.33 bits per heavy atom. The van der Waals surface area contributed by atoms with Crippen LogP contribution in [0, 0.1) is 12.7 Å². The lowest BCUT2D eigenvalue weighted by atomic mass is 9.94. The Kier molecular flexibility index (Phi) is 3.45. The van der Waals surface area contributed by atoms with Crippen molar-refractivity contribution < 1.29 is 9.18 Å². The number of carbonyl (C=O) groups excluding carboxylic acids is 1. The highest BCUT2D eigenvalue weighted by molar-refractivity contribution is 7.08. The second kappa shape index (κ2) is 5.52. The maximum absolute atomic E-state index is 14.0. The second-order valence-electron chi connectivity index (χ2n) is 5.97. The highest BCUT2D eigenvalue weighted by Gasteiger charge is 2.52. The SMILES string of the molecule is Cc1cc(-n2ccc(NC(=O)C3(c4ccccc4F)CC3)n2)sn1. The van der Waals surface area contributed by atoms with E-state index in [9.17, 15) is 9.18 Å². The molecule has 5 nitrogen and oxygen atoms in total. The Labute approximate surface area is 142 Å². The van der Waals surface area contributed by atoms with Crippen LogP contribution in [0.4, 0.5) is 10.2 Å². The van der Waals surface area contributed by atoms with Gasteiger partial charge in [-0.05, 0) is 43.4 Å². The Morgan fingerprint density at radius 3 is 2.79 bits per heavy atom. The molecule has 7 heteroatoms. The number of amides is 1. The average molecular weight is 342 g/mol. The molecular weight excluding hydrogens is 327 g/mol. The number of aryl methyl sites for hydroxylation is 1. The van der Waals surface area contributed by atoms with E-state index in [-0.39, 0.29) is 11.7 Å². The number of nitrogens with zero attached hydrogens (tertiary/aromatic N) is 3. The molecule has 0 radical (unpaired) electrons. The van der Waals surface area contributed by atoms with E-state index in [1.54, 1.807) is 35.1 Å². The molecule has 0 unspecified atom stereocenters. The van der Waals surface area contributed by atoms with Gasteiger partial charge in [-0.1, -0.05) is 18.2 Å². The summed E-state index contributed by atoms with van der Waals surface area (Å²) in [6, 6.07) is 10.1. The predicted molar refractivity (Wildman–Crippen MR) is 89.9 cm³/mol. The number of hydrogen-bond acceptors (Lipinski definition) is 4. The van der Waals surface area contributed by atoms with Crippen molar-refractivity contribution in [3.8, 4) is 5.00 Å². The first-order valence-electron chi connectivity index (χ1n) is 7.64. The van der Waals surface area contributed by atoms with Crippen LogP contribution in [0.25, 0.3) is 5.00 Å². The van der Waals surface area contributed by atoms with E-state index in [2.05, 4.69) is 14.8 Å². The molecule has 1 fully saturated rings. The summed E-state index contributed by atoms with van der Waals surface area (Å²) in [5.74, 6) is -0.0946. The summed E-state index contributed by atoms with van der Waals surface area (Å²) in [5, 5.41) is 8.04. The van der Waals surface area contributed by atoms with Crippen LogP contribution in [-0.4, -0.2) is 20.1 Å². The molecule has 1 aromatic carbocycles. The molecule has 24 heavy (non-hydrogen) atoms. The van der Waals surface area contributed by atoms with Crippen molar-refractivity contribution in [2.75, 3.05) is 5.32 Å². The number of rotatable bonds is 4. The molecule has 0 saturated heterocycles. The molecule has 1 N–H and O–H groups in total. The topological polar surface area (TPSA) is 59.8 Å². The molecule has 0 spiro atoms. The molecule has 3 aromatic rings. The summed E-state index contributed by atoms with van der Waals surface area (Å²) < 4.78 is 19.9. The number of halogens is 1. The minimum atomic E-state index is -0.768. The summed E-state index contributed by atoms with van der Waals surface area (Å²) in [7, 11) is 0. The fraction of sp³-hybridized carbons (Fsp3) is 0.235. The van der Waals surface area contributed by atoms with Gasteiger partial charge in [-0.3, -0.25) is 4.79 Å². The minimum Gasteiger partial charge on any atom is -0.308 e. The van der Waals surface area contributed by atoms with Crippen molar-refractivity contribution in [3.05, 3.63) is 59.7 Å². The zero-order chi connectivity index (χ0) is 16.7. The smallest absolute Gasteiger partial charge is 0.236 e. The lowest BCUT2D eigenvalue weighted by Crippen LogP contribution is -2.28. The number of nitrogens with one attached hydrogen (secondary N) is 1. The highest BCUT2D eigenvalue weighted by Crippen LogP contribution is 2.49. The Balaban J connectivity index is 1.55. The zero-order valence-electron chi connectivity index (χ0n) is 13.0. The van der Waals surface area contributed by atoms with Crippen LogP contribution in [-0.2, 0) is 10.2 Å². The Morgan fingerprint density at radius 2 is 2.12 bits per heavy atom. The van der Waals surface area contributed by atoms with Crippen molar-refractivity contribution >= 4 is 23.3 Å². The molecule has 0 aliphatic heterocycles. The van der Waals surface area contributed by atoms with Crippen molar-refractivity contribution in [3.63, 3.8) is 0 Å². The monoisotopic (exact) mass is 342 g/mol. The summed E-state index contributed by atoms with van der Waals surface area (Å²) in [5.41, 5.74) is 0.614. The van der Waals surface area contributed by atoms with Crippen LogP contribution in [0.2, 0.25) is 0 Å². The molecule has 1 aliphatic rings. The third-order valence-corrected chi connectivity index (χ3v) is 5.12. The summed E-state index contributed by atoms with van der Waals surface area (Å²) >= 11 is 1.34. The molecule has 0 bridgehead atoms. The average Bonchev–Trinajstić information content (AvgIpc) is 3.05. The van der Waals surface area contributed by atoms with Gasteiger partial charge in [-0.2, -0.15) is 4.37 Å². The van der Waals surface area contributed by atoms with Gasteiger partial charge in [0, 0.05) is 17.8 Å². The van der Waals surface area contributed by atoms with Gasteiger partial charge in [0.1, 0.15) is 10.8 Å². The van der Waals surface area contributed by atoms with Crippen LogP contribution in [0.1, 0.15) is 24.1 Å². The van der Waals surface area contributed by atoms with Crippen LogP contribution in [0.5, 0.6) is 0 Å². The molecular formula is C17H15FN4OS. The van der Waals surface area contributed by atoms with Gasteiger partial charge < -0.3 is 5.32 Å². The number of hydrogen-bond donors (Lipinski definition) is 1. The molecule has 2 heterocycles. The normalized spacial score (nSPS) is 15.2. The fourth-order valence-electron chi connectivity index (χ4n) is 2.80. The van der Waals surface area contributed by atoms with E-state index in [0.717, 1.165) is 10.7 Å². The van der Waals surface area contributed by atoms with Gasteiger partial charge in [-0.25, -0.2) is 9.07 Å². The zero-order valence-corrected chi connectivity index (χ0v) is 13.8. The maximum atomic E-state index is 14.0. The number of anilines is 1. The van der Waals surface area contributed by atoms with E-state index in [4.69, 9.17) is 0 Å². The van der Waals surface area contributed by atoms with Crippen LogP contribution in [0.15, 0.2) is 42.6 Å². The van der Waals surface area contributed by atoms with E-state index in [1.807, 2.05) is 13.0 Å². The number of aromatic nitrogens is 3. The minimum absolute atomic E-state index is 0.210. The van der Waals surface area contributed by atoms with E-state index in [1.165, 1.54) is 17.6 Å². The van der Waals surface area contributed by atoms with Crippen molar-refractivity contribution in [2.24, 2.45) is 0 Å². The van der Waals surface area contributed by atoms with E-state index in [0.29, 0.717) is 24.2 Å².